The van der Waals surface area contributed by atoms with E-state index < -0.39 is 0 Å². The standard InChI is InChI=1S/C24H20N4O2S/c1-17(29)19-11-8-12-20(15-19)25-22(30)16-31-24-27-26-23(18-9-4-2-5-10-18)28(24)21-13-6-3-7-14-21/h2-15H,16H2,1H3,(H,25,30). The first-order chi connectivity index (χ1) is 15.1. The van der Waals surface area contributed by atoms with Crippen molar-refractivity contribution < 1.29 is 9.59 Å². The lowest BCUT2D eigenvalue weighted by atomic mass is 10.1. The summed E-state index contributed by atoms with van der Waals surface area (Å²) in [5.74, 6) is 0.637. The van der Waals surface area contributed by atoms with E-state index in [0.29, 0.717) is 22.2 Å². The summed E-state index contributed by atoms with van der Waals surface area (Å²) in [4.78, 5) is 24.1. The van der Waals surface area contributed by atoms with Gasteiger partial charge in [0.15, 0.2) is 16.8 Å². The van der Waals surface area contributed by atoms with Crippen LogP contribution < -0.4 is 5.32 Å². The molecule has 0 spiro atoms. The minimum absolute atomic E-state index is 0.0464. The van der Waals surface area contributed by atoms with Crippen molar-refractivity contribution in [3.63, 3.8) is 0 Å². The second kappa shape index (κ2) is 9.40. The van der Waals surface area contributed by atoms with Crippen LogP contribution in [0.4, 0.5) is 5.69 Å². The maximum Gasteiger partial charge on any atom is 0.234 e. The summed E-state index contributed by atoms with van der Waals surface area (Å²) in [6.45, 7) is 1.50. The second-order valence-electron chi connectivity index (χ2n) is 6.82. The number of para-hydroxylation sites is 1. The van der Waals surface area contributed by atoms with Crippen LogP contribution in [0.25, 0.3) is 17.1 Å². The minimum Gasteiger partial charge on any atom is -0.325 e. The molecule has 7 heteroatoms. The molecule has 0 aliphatic carbocycles. The highest BCUT2D eigenvalue weighted by molar-refractivity contribution is 7.99. The van der Waals surface area contributed by atoms with Gasteiger partial charge in [-0.25, -0.2) is 0 Å². The van der Waals surface area contributed by atoms with Gasteiger partial charge in [0, 0.05) is 22.5 Å². The number of carbonyl (C=O) groups is 2. The molecule has 3 aromatic carbocycles. The highest BCUT2D eigenvalue weighted by Crippen LogP contribution is 2.28. The van der Waals surface area contributed by atoms with Crippen LogP contribution in [0.5, 0.6) is 0 Å². The Kier molecular flexibility index (Phi) is 6.24. The maximum absolute atomic E-state index is 12.5. The Labute approximate surface area is 184 Å². The molecule has 0 fully saturated rings. The summed E-state index contributed by atoms with van der Waals surface area (Å²) in [6, 6.07) is 26.5. The number of thioether (sulfide) groups is 1. The van der Waals surface area contributed by atoms with Crippen LogP contribution in [-0.2, 0) is 4.79 Å². The third-order valence-corrected chi connectivity index (χ3v) is 5.49. The fourth-order valence-electron chi connectivity index (χ4n) is 3.09. The molecule has 0 saturated heterocycles. The van der Waals surface area contributed by atoms with Gasteiger partial charge in [0.05, 0.1) is 5.75 Å². The van der Waals surface area contributed by atoms with Gasteiger partial charge in [0.25, 0.3) is 0 Å². The van der Waals surface area contributed by atoms with E-state index in [9.17, 15) is 9.59 Å². The van der Waals surface area contributed by atoms with Crippen molar-refractivity contribution in [2.45, 2.75) is 12.1 Å². The molecular formula is C24H20N4O2S. The van der Waals surface area contributed by atoms with E-state index in [0.717, 1.165) is 11.3 Å². The average molecular weight is 429 g/mol. The summed E-state index contributed by atoms with van der Waals surface area (Å²) in [5, 5.41) is 12.2. The molecule has 1 heterocycles. The normalized spacial score (nSPS) is 10.6. The number of hydrogen-bond acceptors (Lipinski definition) is 5. The molecule has 0 atom stereocenters. The topological polar surface area (TPSA) is 76.9 Å². The lowest BCUT2D eigenvalue weighted by Gasteiger charge is -2.10. The Hall–Kier alpha value is -3.71. The second-order valence-corrected chi connectivity index (χ2v) is 7.76. The Morgan fingerprint density at radius 1 is 0.903 bits per heavy atom. The number of benzene rings is 3. The highest BCUT2D eigenvalue weighted by Gasteiger charge is 2.17. The van der Waals surface area contributed by atoms with Gasteiger partial charge in [-0.2, -0.15) is 0 Å². The van der Waals surface area contributed by atoms with Crippen molar-refractivity contribution >= 4 is 29.1 Å². The van der Waals surface area contributed by atoms with Crippen LogP contribution in [0.15, 0.2) is 90.1 Å². The maximum atomic E-state index is 12.5. The lowest BCUT2D eigenvalue weighted by Crippen LogP contribution is -2.15. The molecule has 1 N–H and O–H groups in total. The quantitative estimate of drug-likeness (QED) is 0.336. The number of aromatic nitrogens is 3. The fourth-order valence-corrected chi connectivity index (χ4v) is 3.84. The van der Waals surface area contributed by atoms with Gasteiger partial charge in [-0.1, -0.05) is 72.4 Å². The van der Waals surface area contributed by atoms with E-state index in [1.165, 1.54) is 18.7 Å². The van der Waals surface area contributed by atoms with Gasteiger partial charge in [-0.05, 0) is 31.2 Å². The van der Waals surface area contributed by atoms with Crippen LogP contribution in [0.1, 0.15) is 17.3 Å². The van der Waals surface area contributed by atoms with Gasteiger partial charge in [0.1, 0.15) is 0 Å². The molecule has 0 radical (unpaired) electrons. The molecule has 1 aromatic heterocycles. The van der Waals surface area contributed by atoms with Crippen LogP contribution in [0.2, 0.25) is 0 Å². The van der Waals surface area contributed by atoms with Gasteiger partial charge in [0.2, 0.25) is 5.91 Å². The van der Waals surface area contributed by atoms with Gasteiger partial charge < -0.3 is 5.32 Å². The van der Waals surface area contributed by atoms with E-state index in [2.05, 4.69) is 15.5 Å². The molecule has 31 heavy (non-hydrogen) atoms. The van der Waals surface area contributed by atoms with E-state index in [4.69, 9.17) is 0 Å². The number of rotatable bonds is 7. The highest BCUT2D eigenvalue weighted by atomic mass is 32.2. The van der Waals surface area contributed by atoms with Crippen LogP contribution in [-0.4, -0.2) is 32.2 Å². The largest absolute Gasteiger partial charge is 0.325 e. The third kappa shape index (κ3) is 4.90. The van der Waals surface area contributed by atoms with Crippen LogP contribution in [0.3, 0.4) is 0 Å². The fraction of sp³-hybridized carbons (Fsp3) is 0.0833. The minimum atomic E-state index is -0.186. The van der Waals surface area contributed by atoms with Crippen molar-refractivity contribution in [3.8, 4) is 17.1 Å². The first-order valence-corrected chi connectivity index (χ1v) is 10.7. The van der Waals surface area contributed by atoms with Crippen LogP contribution in [0, 0.1) is 0 Å². The molecule has 4 rings (SSSR count). The zero-order valence-electron chi connectivity index (χ0n) is 16.9. The summed E-state index contributed by atoms with van der Waals surface area (Å²) in [6.07, 6.45) is 0. The first kappa shape index (κ1) is 20.6. The Morgan fingerprint density at radius 3 is 2.32 bits per heavy atom. The van der Waals surface area contributed by atoms with Gasteiger partial charge >= 0.3 is 0 Å². The van der Waals surface area contributed by atoms with Crippen molar-refractivity contribution in [1.82, 2.24) is 14.8 Å². The van der Waals surface area contributed by atoms with Crippen molar-refractivity contribution in [2.75, 3.05) is 11.1 Å². The predicted molar refractivity (Wildman–Crippen MR) is 123 cm³/mol. The van der Waals surface area contributed by atoms with E-state index in [1.807, 2.05) is 65.2 Å². The number of ketones is 1. The van der Waals surface area contributed by atoms with Gasteiger partial charge in [-0.3, -0.25) is 14.2 Å². The zero-order chi connectivity index (χ0) is 21.6. The molecular weight excluding hydrogens is 408 g/mol. The number of Topliss-reactive ketones (excluding diaryl/α,β-unsaturated/α-hetero) is 1. The number of hydrogen-bond donors (Lipinski definition) is 1. The molecule has 6 nitrogen and oxygen atoms in total. The summed E-state index contributed by atoms with van der Waals surface area (Å²) in [5.41, 5.74) is 3.01. The van der Waals surface area contributed by atoms with E-state index in [1.54, 1.807) is 24.3 Å². The van der Waals surface area contributed by atoms with Crippen LogP contribution >= 0.6 is 11.8 Å². The average Bonchev–Trinajstić information content (AvgIpc) is 3.23. The van der Waals surface area contributed by atoms with Gasteiger partial charge in [-0.15, -0.1) is 10.2 Å². The molecule has 4 aromatic rings. The molecule has 1 amide bonds. The monoisotopic (exact) mass is 428 g/mol. The summed E-state index contributed by atoms with van der Waals surface area (Å²) in [7, 11) is 0. The molecule has 0 bridgehead atoms. The molecule has 154 valence electrons. The zero-order valence-corrected chi connectivity index (χ0v) is 17.7. The number of nitrogens with zero attached hydrogens (tertiary/aromatic N) is 3. The first-order valence-electron chi connectivity index (χ1n) is 9.72. The molecule has 0 aliphatic heterocycles. The Bertz CT molecular complexity index is 1210. The van der Waals surface area contributed by atoms with E-state index >= 15 is 0 Å². The number of nitrogens with one attached hydrogen (secondary N) is 1. The Morgan fingerprint density at radius 2 is 1.61 bits per heavy atom. The predicted octanol–water partition coefficient (Wildman–Crippen LogP) is 4.87. The summed E-state index contributed by atoms with van der Waals surface area (Å²) >= 11 is 1.31. The van der Waals surface area contributed by atoms with E-state index in [-0.39, 0.29) is 17.4 Å². The number of amides is 1. The van der Waals surface area contributed by atoms with Crippen molar-refractivity contribution in [2.24, 2.45) is 0 Å². The van der Waals surface area contributed by atoms with Crippen molar-refractivity contribution in [1.29, 1.82) is 0 Å². The van der Waals surface area contributed by atoms with Crippen molar-refractivity contribution in [3.05, 3.63) is 90.5 Å². The summed E-state index contributed by atoms with van der Waals surface area (Å²) < 4.78 is 1.95. The third-order valence-electron chi connectivity index (χ3n) is 4.56. The SMILES string of the molecule is CC(=O)c1cccc(NC(=O)CSc2nnc(-c3ccccc3)n2-c2ccccc2)c1. The molecule has 0 aliphatic rings. The lowest BCUT2D eigenvalue weighted by molar-refractivity contribution is -0.113. The Balaban J connectivity index is 1.55. The molecule has 0 unspecified atom stereocenters. The smallest absolute Gasteiger partial charge is 0.234 e. The number of carbonyl (C=O) groups excluding carboxylic acids is 2. The number of anilines is 1. The molecule has 0 saturated carbocycles.